The van der Waals surface area contributed by atoms with E-state index >= 15 is 0 Å². The van der Waals surface area contributed by atoms with Gasteiger partial charge in [0, 0.05) is 5.54 Å². The molecule has 0 saturated carbocycles. The summed E-state index contributed by atoms with van der Waals surface area (Å²) >= 11 is 0. The normalized spacial score (nSPS) is 23.1. The Morgan fingerprint density at radius 1 is 0.875 bits per heavy atom. The molecule has 16 heavy (non-hydrogen) atoms. The van der Waals surface area contributed by atoms with Gasteiger partial charge in [-0.2, -0.15) is 0 Å². The van der Waals surface area contributed by atoms with Crippen LogP contribution in [0.1, 0.15) is 61.3 Å². The van der Waals surface area contributed by atoms with E-state index in [1.54, 1.807) is 0 Å². The maximum Gasteiger partial charge on any atom is 0.0125 e. The smallest absolute Gasteiger partial charge is 0.0125 e. The van der Waals surface area contributed by atoms with Crippen LogP contribution in [-0.2, 0) is 0 Å². The van der Waals surface area contributed by atoms with Crippen molar-refractivity contribution in [3.05, 3.63) is 0 Å². The minimum atomic E-state index is 0.347. The minimum Gasteiger partial charge on any atom is -0.298 e. The molecule has 0 amide bonds. The van der Waals surface area contributed by atoms with Crippen LogP contribution in [0.2, 0.25) is 0 Å². The summed E-state index contributed by atoms with van der Waals surface area (Å²) in [6.07, 6.45) is 2.75. The summed E-state index contributed by atoms with van der Waals surface area (Å²) in [6.45, 7) is 19.2. The molecular formula is C15H31N. The first-order chi connectivity index (χ1) is 7.20. The van der Waals surface area contributed by atoms with Crippen molar-refractivity contribution < 1.29 is 0 Å². The van der Waals surface area contributed by atoms with Gasteiger partial charge < -0.3 is 0 Å². The molecule has 1 nitrogen and oxygen atoms in total. The molecule has 1 heterocycles. The van der Waals surface area contributed by atoms with Crippen LogP contribution < -0.4 is 0 Å². The van der Waals surface area contributed by atoms with Gasteiger partial charge >= 0.3 is 0 Å². The number of hydrogen-bond acceptors (Lipinski definition) is 1. The maximum absolute atomic E-state index is 2.65. The topological polar surface area (TPSA) is 3.24 Å². The second-order valence-corrected chi connectivity index (χ2v) is 7.20. The van der Waals surface area contributed by atoms with Crippen molar-refractivity contribution in [3.63, 3.8) is 0 Å². The molecule has 1 saturated heterocycles. The second kappa shape index (κ2) is 4.68. The van der Waals surface area contributed by atoms with Gasteiger partial charge in [-0.1, -0.05) is 27.7 Å². The molecule has 0 spiro atoms. The molecule has 0 N–H and O–H groups in total. The number of nitrogens with zero attached hydrogens (tertiary/aromatic N) is 1. The molecule has 1 rings (SSSR count). The van der Waals surface area contributed by atoms with Crippen LogP contribution in [-0.4, -0.2) is 23.5 Å². The van der Waals surface area contributed by atoms with Gasteiger partial charge in [0.2, 0.25) is 0 Å². The lowest BCUT2D eigenvalue weighted by Gasteiger charge is -2.50. The Balaban J connectivity index is 2.71. The molecule has 1 aliphatic heterocycles. The largest absolute Gasteiger partial charge is 0.298 e. The summed E-state index contributed by atoms with van der Waals surface area (Å²) in [7, 11) is 0. The molecule has 0 bridgehead atoms. The van der Waals surface area contributed by atoms with Gasteiger partial charge in [-0.15, -0.1) is 0 Å². The molecule has 96 valence electrons. The lowest BCUT2D eigenvalue weighted by atomic mass is 9.63. The van der Waals surface area contributed by atoms with Crippen LogP contribution in [0.5, 0.6) is 0 Å². The molecule has 1 heteroatoms. The monoisotopic (exact) mass is 225 g/mol. The van der Waals surface area contributed by atoms with Crippen LogP contribution in [0, 0.1) is 17.3 Å². The van der Waals surface area contributed by atoms with E-state index in [4.69, 9.17) is 0 Å². The first-order valence-electron chi connectivity index (χ1n) is 6.95. The van der Waals surface area contributed by atoms with E-state index in [-0.39, 0.29) is 0 Å². The quantitative estimate of drug-likeness (QED) is 0.681. The Labute approximate surface area is 103 Å². The molecule has 0 atom stereocenters. The molecule has 0 aliphatic carbocycles. The molecular weight excluding hydrogens is 194 g/mol. The summed E-state index contributed by atoms with van der Waals surface area (Å²) in [5, 5.41) is 0. The van der Waals surface area contributed by atoms with Crippen LogP contribution in [0.15, 0.2) is 0 Å². The Morgan fingerprint density at radius 2 is 1.25 bits per heavy atom. The lowest BCUT2D eigenvalue weighted by molar-refractivity contribution is -0.0124. The summed E-state index contributed by atoms with van der Waals surface area (Å²) in [5.74, 6) is 1.63. The Hall–Kier alpha value is -0.0400. The Morgan fingerprint density at radius 3 is 1.50 bits per heavy atom. The third-order valence-corrected chi connectivity index (χ3v) is 4.94. The van der Waals surface area contributed by atoms with E-state index < -0.39 is 0 Å². The highest BCUT2D eigenvalue weighted by molar-refractivity contribution is 4.93. The predicted molar refractivity (Wildman–Crippen MR) is 72.7 cm³/mol. The third-order valence-electron chi connectivity index (χ3n) is 4.94. The van der Waals surface area contributed by atoms with E-state index in [1.165, 1.54) is 25.9 Å². The van der Waals surface area contributed by atoms with Crippen LogP contribution in [0.25, 0.3) is 0 Å². The van der Waals surface area contributed by atoms with Crippen molar-refractivity contribution in [1.29, 1.82) is 0 Å². The zero-order valence-electron chi connectivity index (χ0n) is 12.4. The van der Waals surface area contributed by atoms with Crippen LogP contribution in [0.4, 0.5) is 0 Å². The van der Waals surface area contributed by atoms with E-state index in [0.717, 1.165) is 11.8 Å². The molecule has 0 aromatic heterocycles. The van der Waals surface area contributed by atoms with Gasteiger partial charge in [-0.3, -0.25) is 4.90 Å². The summed E-state index contributed by atoms with van der Waals surface area (Å²) < 4.78 is 0. The van der Waals surface area contributed by atoms with Gasteiger partial charge in [-0.25, -0.2) is 0 Å². The van der Waals surface area contributed by atoms with E-state index in [9.17, 15) is 0 Å². The Kier molecular flexibility index (Phi) is 4.10. The highest BCUT2D eigenvalue weighted by Gasteiger charge is 2.41. The van der Waals surface area contributed by atoms with Crippen LogP contribution >= 0.6 is 0 Å². The van der Waals surface area contributed by atoms with Gasteiger partial charge in [0.1, 0.15) is 0 Å². The van der Waals surface area contributed by atoms with Gasteiger partial charge in [0.15, 0.2) is 0 Å². The SMILES string of the molecule is CC(C)C1(C(C)C)CCN(C(C)(C)C)CC1. The average Bonchev–Trinajstić information content (AvgIpc) is 2.15. The average molecular weight is 225 g/mol. The standard InChI is InChI=1S/C15H31N/c1-12(2)15(13(3)4)8-10-16(11-9-15)14(5,6)7/h12-13H,8-11H2,1-7H3. The van der Waals surface area contributed by atoms with Crippen molar-refractivity contribution >= 4 is 0 Å². The zero-order chi connectivity index (χ0) is 12.6. The second-order valence-electron chi connectivity index (χ2n) is 7.20. The fourth-order valence-electron chi connectivity index (χ4n) is 3.42. The summed E-state index contributed by atoms with van der Waals surface area (Å²) in [5.41, 5.74) is 0.932. The maximum atomic E-state index is 2.65. The zero-order valence-corrected chi connectivity index (χ0v) is 12.4. The van der Waals surface area contributed by atoms with Crippen molar-refractivity contribution in [1.82, 2.24) is 4.90 Å². The lowest BCUT2D eigenvalue weighted by Crippen LogP contribution is -2.51. The highest BCUT2D eigenvalue weighted by Crippen LogP contribution is 2.45. The Bertz CT molecular complexity index is 204. The van der Waals surface area contributed by atoms with Crippen molar-refractivity contribution in [2.45, 2.75) is 66.8 Å². The fourth-order valence-corrected chi connectivity index (χ4v) is 3.42. The first-order valence-corrected chi connectivity index (χ1v) is 6.95. The van der Waals surface area contributed by atoms with E-state index in [2.05, 4.69) is 53.4 Å². The molecule has 0 aromatic rings. The summed E-state index contributed by atoms with van der Waals surface area (Å²) in [4.78, 5) is 2.65. The van der Waals surface area contributed by atoms with E-state index in [0.29, 0.717) is 11.0 Å². The van der Waals surface area contributed by atoms with Gasteiger partial charge in [0.05, 0.1) is 0 Å². The predicted octanol–water partition coefficient (Wildman–Crippen LogP) is 4.18. The summed E-state index contributed by atoms with van der Waals surface area (Å²) in [6, 6.07) is 0. The van der Waals surface area contributed by atoms with Crippen molar-refractivity contribution in [2.24, 2.45) is 17.3 Å². The number of rotatable bonds is 2. The first kappa shape index (κ1) is 14.0. The molecule has 1 aliphatic rings. The van der Waals surface area contributed by atoms with Crippen molar-refractivity contribution in [2.75, 3.05) is 13.1 Å². The molecule has 1 fully saturated rings. The third kappa shape index (κ3) is 2.61. The van der Waals surface area contributed by atoms with Gasteiger partial charge in [0.25, 0.3) is 0 Å². The molecule has 0 radical (unpaired) electrons. The van der Waals surface area contributed by atoms with Gasteiger partial charge in [-0.05, 0) is 64.0 Å². The fraction of sp³-hybridized carbons (Fsp3) is 1.00. The van der Waals surface area contributed by atoms with E-state index in [1.807, 2.05) is 0 Å². The minimum absolute atomic E-state index is 0.347. The molecule has 0 aromatic carbocycles. The number of likely N-dealkylation sites (tertiary alicyclic amines) is 1. The number of piperidine rings is 1. The number of hydrogen-bond donors (Lipinski definition) is 0. The van der Waals surface area contributed by atoms with Crippen molar-refractivity contribution in [3.8, 4) is 0 Å². The highest BCUT2D eigenvalue weighted by atomic mass is 15.2. The molecule has 0 unspecified atom stereocenters. The van der Waals surface area contributed by atoms with Crippen LogP contribution in [0.3, 0.4) is 0 Å².